The highest BCUT2D eigenvalue weighted by atomic mass is 19.4. The lowest BCUT2D eigenvalue weighted by Gasteiger charge is -2.22. The molecule has 44 heavy (non-hydrogen) atoms. The molecule has 0 bridgehead atoms. The number of aliphatic hydroxyl groups excluding tert-OH is 1. The van der Waals surface area contributed by atoms with Crippen molar-refractivity contribution in [2.45, 2.75) is 25.2 Å². The van der Waals surface area contributed by atoms with E-state index in [0.29, 0.717) is 29.7 Å². The Hall–Kier alpha value is -4.94. The van der Waals surface area contributed by atoms with Crippen molar-refractivity contribution in [3.63, 3.8) is 0 Å². The predicted octanol–water partition coefficient (Wildman–Crippen LogP) is 5.52. The van der Waals surface area contributed by atoms with E-state index >= 15 is 0 Å². The number of fused-ring (bicyclic) bond motifs is 2. The minimum absolute atomic E-state index is 0.0651. The van der Waals surface area contributed by atoms with Crippen LogP contribution in [0.2, 0.25) is 0 Å². The summed E-state index contributed by atoms with van der Waals surface area (Å²) in [5.41, 5.74) is 8.37. The van der Waals surface area contributed by atoms with Gasteiger partial charge in [0.2, 0.25) is 0 Å². The number of aliphatic hydroxyl groups is 1. The zero-order valence-electron chi connectivity index (χ0n) is 23.3. The largest absolute Gasteiger partial charge is 0.435 e. The molecule has 3 aromatic carbocycles. The average Bonchev–Trinajstić information content (AvgIpc) is 3.69. The van der Waals surface area contributed by atoms with Crippen molar-refractivity contribution in [3.05, 3.63) is 95.3 Å². The number of nitrogen functional groups attached to an aromatic ring is 1. The Bertz CT molecular complexity index is 1910. The minimum Gasteiger partial charge on any atom is -0.392 e. The molecule has 2 aliphatic heterocycles. The molecule has 9 nitrogen and oxygen atoms in total. The molecule has 7 rings (SSSR count). The van der Waals surface area contributed by atoms with Crippen molar-refractivity contribution in [3.8, 4) is 16.8 Å². The molecule has 3 N–H and O–H groups in total. The minimum atomic E-state index is -4.79. The van der Waals surface area contributed by atoms with Crippen LogP contribution in [0.5, 0.6) is 0 Å². The number of anilines is 2. The van der Waals surface area contributed by atoms with E-state index in [4.69, 9.17) is 10.3 Å². The number of β-amino-alcohol motifs (C(OH)–C–C–N with tert-alkyl or cyclic N) is 1. The number of nitrogens with two attached hydrogens (primary N) is 1. The first kappa shape index (κ1) is 27.9. The van der Waals surface area contributed by atoms with Gasteiger partial charge >= 0.3 is 6.18 Å². The summed E-state index contributed by atoms with van der Waals surface area (Å²) < 4.78 is 48.6. The quantitative estimate of drug-likeness (QED) is 0.273. The summed E-state index contributed by atoms with van der Waals surface area (Å²) in [5, 5.41) is 17.9. The molecule has 5 aromatic rings. The second kappa shape index (κ2) is 10.6. The summed E-state index contributed by atoms with van der Waals surface area (Å²) in [6.45, 7) is 2.22. The van der Waals surface area contributed by atoms with Crippen molar-refractivity contribution >= 4 is 34.5 Å². The van der Waals surface area contributed by atoms with E-state index in [1.165, 1.54) is 35.3 Å². The van der Waals surface area contributed by atoms with Crippen molar-refractivity contribution in [2.75, 3.05) is 30.3 Å². The van der Waals surface area contributed by atoms with Crippen LogP contribution < -0.4 is 10.6 Å². The zero-order chi connectivity index (χ0) is 30.6. The van der Waals surface area contributed by atoms with E-state index in [0.717, 1.165) is 34.3 Å². The number of alkyl halides is 3. The fourth-order valence-corrected chi connectivity index (χ4v) is 5.93. The van der Waals surface area contributed by atoms with E-state index in [-0.39, 0.29) is 35.4 Å². The SMILES string of the molecule is Nc1noc2ccc(-n3nc(C(F)(F)F)c4c3C(=O)N(c3ccc(-c5ccccc5CN5CC[C@@H](O)C5)cc3)CC=C4)cc12. The molecule has 2 aromatic heterocycles. The number of hydrogen-bond acceptors (Lipinski definition) is 7. The maximum atomic E-state index is 14.1. The number of benzene rings is 3. The number of hydrogen-bond donors (Lipinski definition) is 2. The van der Waals surface area contributed by atoms with Gasteiger partial charge in [-0.1, -0.05) is 53.7 Å². The topological polar surface area (TPSA) is 114 Å². The van der Waals surface area contributed by atoms with E-state index in [2.05, 4.69) is 21.2 Å². The molecule has 1 atom stereocenters. The van der Waals surface area contributed by atoms with Crippen molar-refractivity contribution in [2.24, 2.45) is 0 Å². The Morgan fingerprint density at radius 3 is 2.57 bits per heavy atom. The molecule has 0 saturated carbocycles. The average molecular weight is 601 g/mol. The molecule has 0 aliphatic carbocycles. The Balaban J connectivity index is 1.25. The number of rotatable bonds is 5. The van der Waals surface area contributed by atoms with Crippen LogP contribution in [0.25, 0.3) is 33.9 Å². The molecule has 1 amide bonds. The third-order valence-corrected chi connectivity index (χ3v) is 8.09. The van der Waals surface area contributed by atoms with Crippen LogP contribution in [-0.2, 0) is 12.7 Å². The maximum Gasteiger partial charge on any atom is 0.435 e. The maximum absolute atomic E-state index is 14.1. The van der Waals surface area contributed by atoms with Gasteiger partial charge in [0.1, 0.15) is 5.69 Å². The van der Waals surface area contributed by atoms with Crippen LogP contribution in [0.15, 0.2) is 77.3 Å². The van der Waals surface area contributed by atoms with Gasteiger partial charge in [-0.25, -0.2) is 4.68 Å². The van der Waals surface area contributed by atoms with Crippen LogP contribution >= 0.6 is 0 Å². The fraction of sp³-hybridized carbons (Fsp3) is 0.219. The zero-order valence-corrected chi connectivity index (χ0v) is 23.3. The predicted molar refractivity (Wildman–Crippen MR) is 159 cm³/mol. The van der Waals surface area contributed by atoms with Gasteiger partial charge in [-0.15, -0.1) is 0 Å². The first-order valence-corrected chi connectivity index (χ1v) is 14.1. The number of amides is 1. The van der Waals surface area contributed by atoms with E-state index in [9.17, 15) is 23.1 Å². The molecule has 12 heteroatoms. The second-order valence-electron chi connectivity index (χ2n) is 11.0. The molecule has 1 saturated heterocycles. The van der Waals surface area contributed by atoms with Crippen LogP contribution in [0.4, 0.5) is 24.7 Å². The normalized spacial score (nSPS) is 17.4. The summed E-state index contributed by atoms with van der Waals surface area (Å²) in [6.07, 6.45) is -1.53. The number of carbonyl (C=O) groups excluding carboxylic acids is 1. The lowest BCUT2D eigenvalue weighted by atomic mass is 9.99. The molecule has 0 spiro atoms. The summed E-state index contributed by atoms with van der Waals surface area (Å²) >= 11 is 0. The summed E-state index contributed by atoms with van der Waals surface area (Å²) in [6, 6.07) is 19.9. The lowest BCUT2D eigenvalue weighted by molar-refractivity contribution is -0.141. The van der Waals surface area contributed by atoms with Gasteiger partial charge in [0.15, 0.2) is 17.1 Å². The van der Waals surface area contributed by atoms with Gasteiger partial charge in [0, 0.05) is 37.4 Å². The molecule has 2 aliphatic rings. The highest BCUT2D eigenvalue weighted by molar-refractivity contribution is 6.09. The van der Waals surface area contributed by atoms with E-state index in [1.54, 1.807) is 12.1 Å². The van der Waals surface area contributed by atoms with Gasteiger partial charge < -0.3 is 20.3 Å². The first-order chi connectivity index (χ1) is 21.2. The van der Waals surface area contributed by atoms with Gasteiger partial charge in [-0.3, -0.25) is 9.69 Å². The first-order valence-electron chi connectivity index (χ1n) is 14.1. The standard InChI is InChI=1S/C32H27F3N6O3/c33-32(34,35)29-25-6-3-14-40(31(43)28(25)41(37-29)22-11-12-27-26(16-22)30(36)38-44-27)21-9-7-19(8-10-21)24-5-2-1-4-20(24)17-39-15-13-23(42)18-39/h1-12,16,23,42H,13-15,17-18H2,(H2,36,38)/t23-/m1/s1. The smallest absolute Gasteiger partial charge is 0.392 e. The molecular formula is C32H27F3N6O3. The Kier molecular flexibility index (Phi) is 6.74. The molecule has 4 heterocycles. The summed E-state index contributed by atoms with van der Waals surface area (Å²) in [4.78, 5) is 17.7. The number of aromatic nitrogens is 3. The molecule has 224 valence electrons. The van der Waals surface area contributed by atoms with Gasteiger partial charge in [0.05, 0.1) is 17.2 Å². The third kappa shape index (κ3) is 4.91. The monoisotopic (exact) mass is 600 g/mol. The van der Waals surface area contributed by atoms with Crippen molar-refractivity contribution in [1.29, 1.82) is 0 Å². The molecule has 0 unspecified atom stereocenters. The molecular weight excluding hydrogens is 573 g/mol. The highest BCUT2D eigenvalue weighted by Crippen LogP contribution is 2.37. The number of likely N-dealkylation sites (tertiary alicyclic amines) is 1. The van der Waals surface area contributed by atoms with Crippen molar-refractivity contribution in [1.82, 2.24) is 19.8 Å². The highest BCUT2D eigenvalue weighted by Gasteiger charge is 2.41. The number of carbonyl (C=O) groups is 1. The molecule has 0 radical (unpaired) electrons. The van der Waals surface area contributed by atoms with Crippen molar-refractivity contribution < 1.29 is 27.6 Å². The van der Waals surface area contributed by atoms with Crippen LogP contribution in [-0.4, -0.2) is 56.6 Å². The summed E-state index contributed by atoms with van der Waals surface area (Å²) in [5.74, 6) is -0.559. The van der Waals surface area contributed by atoms with E-state index in [1.807, 2.05) is 30.3 Å². The third-order valence-electron chi connectivity index (χ3n) is 8.09. The Morgan fingerprint density at radius 2 is 1.82 bits per heavy atom. The number of nitrogens with zero attached hydrogens (tertiary/aromatic N) is 5. The molecule has 1 fully saturated rings. The van der Waals surface area contributed by atoms with Crippen LogP contribution in [0, 0.1) is 0 Å². The van der Waals surface area contributed by atoms with Gasteiger partial charge in [-0.2, -0.15) is 18.3 Å². The summed E-state index contributed by atoms with van der Waals surface area (Å²) in [7, 11) is 0. The van der Waals surface area contributed by atoms with Gasteiger partial charge in [0.25, 0.3) is 5.91 Å². The van der Waals surface area contributed by atoms with Crippen LogP contribution in [0.1, 0.15) is 33.7 Å². The Labute approximate surface area is 249 Å². The van der Waals surface area contributed by atoms with E-state index < -0.39 is 17.8 Å². The second-order valence-corrected chi connectivity index (χ2v) is 11.0. The lowest BCUT2D eigenvalue weighted by Crippen LogP contribution is -2.32. The van der Waals surface area contributed by atoms with Gasteiger partial charge in [-0.05, 0) is 53.4 Å². The Morgan fingerprint density at radius 1 is 1.05 bits per heavy atom. The fourth-order valence-electron chi connectivity index (χ4n) is 5.93. The number of halogens is 3. The van der Waals surface area contributed by atoms with Crippen LogP contribution in [0.3, 0.4) is 0 Å².